The summed E-state index contributed by atoms with van der Waals surface area (Å²) < 4.78 is 5.24. The molecule has 1 aromatic rings. The molecule has 1 aliphatic heterocycles. The zero-order valence-electron chi connectivity index (χ0n) is 9.45. The van der Waals surface area contributed by atoms with Gasteiger partial charge in [-0.3, -0.25) is 0 Å². The standard InChI is InChI=1S/C12H19NOS/c1-10(5-11-3-4-15-6-11)13-7-12(2)8-14-9-12/h3-4,6,10,13H,5,7-9H2,1-2H3. The summed E-state index contributed by atoms with van der Waals surface area (Å²) in [6, 6.07) is 2.76. The number of thiophene rings is 1. The van der Waals surface area contributed by atoms with Crippen molar-refractivity contribution < 1.29 is 4.74 Å². The van der Waals surface area contributed by atoms with Crippen LogP contribution in [-0.2, 0) is 11.2 Å². The van der Waals surface area contributed by atoms with Gasteiger partial charge >= 0.3 is 0 Å². The van der Waals surface area contributed by atoms with Crippen LogP contribution in [0.2, 0.25) is 0 Å². The van der Waals surface area contributed by atoms with Gasteiger partial charge in [0.15, 0.2) is 0 Å². The van der Waals surface area contributed by atoms with E-state index in [1.165, 1.54) is 5.56 Å². The van der Waals surface area contributed by atoms with Crippen molar-refractivity contribution in [3.63, 3.8) is 0 Å². The lowest BCUT2D eigenvalue weighted by atomic mass is 9.88. The van der Waals surface area contributed by atoms with Crippen molar-refractivity contribution in [1.82, 2.24) is 5.32 Å². The molecule has 0 radical (unpaired) electrons. The summed E-state index contributed by atoms with van der Waals surface area (Å²) >= 11 is 1.77. The van der Waals surface area contributed by atoms with Crippen LogP contribution in [0, 0.1) is 5.41 Å². The summed E-state index contributed by atoms with van der Waals surface area (Å²) in [5, 5.41) is 7.96. The smallest absolute Gasteiger partial charge is 0.0554 e. The minimum atomic E-state index is 0.378. The maximum atomic E-state index is 5.24. The van der Waals surface area contributed by atoms with Gasteiger partial charge in [0.05, 0.1) is 13.2 Å². The van der Waals surface area contributed by atoms with Crippen LogP contribution < -0.4 is 5.32 Å². The summed E-state index contributed by atoms with van der Waals surface area (Å²) in [5.41, 5.74) is 1.82. The number of hydrogen-bond acceptors (Lipinski definition) is 3. The van der Waals surface area contributed by atoms with E-state index in [4.69, 9.17) is 4.74 Å². The minimum absolute atomic E-state index is 0.378. The highest BCUT2D eigenvalue weighted by molar-refractivity contribution is 7.07. The van der Waals surface area contributed by atoms with Gasteiger partial charge in [-0.25, -0.2) is 0 Å². The van der Waals surface area contributed by atoms with E-state index < -0.39 is 0 Å². The number of ether oxygens (including phenoxy) is 1. The fourth-order valence-electron chi connectivity index (χ4n) is 1.81. The predicted octanol–water partition coefficient (Wildman–Crippen LogP) is 2.31. The van der Waals surface area contributed by atoms with E-state index >= 15 is 0 Å². The Labute approximate surface area is 95.6 Å². The number of hydrogen-bond donors (Lipinski definition) is 1. The highest BCUT2D eigenvalue weighted by atomic mass is 32.1. The van der Waals surface area contributed by atoms with Gasteiger partial charge in [-0.1, -0.05) is 6.92 Å². The van der Waals surface area contributed by atoms with E-state index in [1.807, 2.05) is 0 Å². The fraction of sp³-hybridized carbons (Fsp3) is 0.667. The van der Waals surface area contributed by atoms with Crippen LogP contribution >= 0.6 is 11.3 Å². The quantitative estimate of drug-likeness (QED) is 0.830. The molecule has 0 bridgehead atoms. The van der Waals surface area contributed by atoms with Crippen molar-refractivity contribution in [3.05, 3.63) is 22.4 Å². The third-order valence-electron chi connectivity index (χ3n) is 2.90. The predicted molar refractivity (Wildman–Crippen MR) is 64.4 cm³/mol. The molecule has 0 amide bonds. The molecule has 1 atom stereocenters. The zero-order valence-corrected chi connectivity index (χ0v) is 10.3. The summed E-state index contributed by atoms with van der Waals surface area (Å²) in [7, 11) is 0. The molecule has 15 heavy (non-hydrogen) atoms. The molecular formula is C12H19NOS. The molecule has 2 heterocycles. The molecule has 0 aromatic carbocycles. The molecule has 1 aromatic heterocycles. The lowest BCUT2D eigenvalue weighted by molar-refractivity contribution is -0.0998. The second-order valence-corrected chi connectivity index (χ2v) is 5.70. The second-order valence-electron chi connectivity index (χ2n) is 4.92. The maximum Gasteiger partial charge on any atom is 0.0554 e. The first kappa shape index (κ1) is 11.1. The van der Waals surface area contributed by atoms with Crippen LogP contribution in [0.15, 0.2) is 16.8 Å². The Kier molecular flexibility index (Phi) is 3.44. The Bertz CT molecular complexity index is 293. The van der Waals surface area contributed by atoms with Gasteiger partial charge in [0.25, 0.3) is 0 Å². The Hall–Kier alpha value is -0.380. The molecule has 0 spiro atoms. The van der Waals surface area contributed by atoms with E-state index in [2.05, 4.69) is 36.0 Å². The van der Waals surface area contributed by atoms with Gasteiger partial charge < -0.3 is 10.1 Å². The van der Waals surface area contributed by atoms with E-state index in [-0.39, 0.29) is 0 Å². The van der Waals surface area contributed by atoms with Gasteiger partial charge in [0.1, 0.15) is 0 Å². The molecule has 2 nitrogen and oxygen atoms in total. The Morgan fingerprint density at radius 1 is 1.60 bits per heavy atom. The Morgan fingerprint density at radius 3 is 2.93 bits per heavy atom. The van der Waals surface area contributed by atoms with Gasteiger partial charge in [-0.2, -0.15) is 11.3 Å². The molecule has 0 aliphatic carbocycles. The van der Waals surface area contributed by atoms with E-state index in [9.17, 15) is 0 Å². The van der Waals surface area contributed by atoms with Crippen LogP contribution in [0.25, 0.3) is 0 Å². The topological polar surface area (TPSA) is 21.3 Å². The summed E-state index contributed by atoms with van der Waals surface area (Å²) in [6.45, 7) is 7.41. The molecule has 1 unspecified atom stereocenters. The van der Waals surface area contributed by atoms with Gasteiger partial charge in [-0.15, -0.1) is 0 Å². The van der Waals surface area contributed by atoms with Gasteiger partial charge in [0.2, 0.25) is 0 Å². The van der Waals surface area contributed by atoms with E-state index in [0.717, 1.165) is 26.2 Å². The maximum absolute atomic E-state index is 5.24. The normalized spacial score (nSPS) is 20.9. The average molecular weight is 225 g/mol. The van der Waals surface area contributed by atoms with E-state index in [0.29, 0.717) is 11.5 Å². The molecule has 1 fully saturated rings. The lowest BCUT2D eigenvalue weighted by Crippen LogP contribution is -2.49. The molecular weight excluding hydrogens is 206 g/mol. The number of nitrogens with one attached hydrogen (secondary N) is 1. The third-order valence-corrected chi connectivity index (χ3v) is 3.63. The first-order valence-corrected chi connectivity index (χ1v) is 6.44. The second kappa shape index (κ2) is 4.64. The van der Waals surface area contributed by atoms with Crippen molar-refractivity contribution in [2.24, 2.45) is 5.41 Å². The van der Waals surface area contributed by atoms with Crippen molar-refractivity contribution >= 4 is 11.3 Å². The van der Waals surface area contributed by atoms with Crippen LogP contribution in [0.4, 0.5) is 0 Å². The van der Waals surface area contributed by atoms with Crippen molar-refractivity contribution in [2.45, 2.75) is 26.3 Å². The molecule has 1 N–H and O–H groups in total. The summed E-state index contributed by atoms with van der Waals surface area (Å²) in [5.74, 6) is 0. The monoisotopic (exact) mass is 225 g/mol. The first-order valence-electron chi connectivity index (χ1n) is 5.50. The fourth-order valence-corrected chi connectivity index (χ4v) is 2.49. The summed E-state index contributed by atoms with van der Waals surface area (Å²) in [6.07, 6.45) is 1.13. The average Bonchev–Trinajstić information content (AvgIpc) is 2.64. The number of rotatable bonds is 5. The zero-order chi connectivity index (χ0) is 10.7. The highest BCUT2D eigenvalue weighted by Crippen LogP contribution is 2.25. The Balaban J connectivity index is 1.70. The van der Waals surface area contributed by atoms with Crippen LogP contribution in [0.5, 0.6) is 0 Å². The van der Waals surface area contributed by atoms with Gasteiger partial charge in [-0.05, 0) is 35.7 Å². The largest absolute Gasteiger partial charge is 0.380 e. The molecule has 1 saturated heterocycles. The van der Waals surface area contributed by atoms with Crippen molar-refractivity contribution in [2.75, 3.05) is 19.8 Å². The Morgan fingerprint density at radius 2 is 2.40 bits per heavy atom. The van der Waals surface area contributed by atoms with E-state index in [1.54, 1.807) is 11.3 Å². The van der Waals surface area contributed by atoms with Crippen LogP contribution in [0.1, 0.15) is 19.4 Å². The lowest BCUT2D eigenvalue weighted by Gasteiger charge is -2.39. The summed E-state index contributed by atoms with van der Waals surface area (Å²) in [4.78, 5) is 0. The molecule has 84 valence electrons. The van der Waals surface area contributed by atoms with Gasteiger partial charge in [0, 0.05) is 18.0 Å². The van der Waals surface area contributed by atoms with Crippen molar-refractivity contribution in [3.8, 4) is 0 Å². The molecule has 2 rings (SSSR count). The molecule has 1 aliphatic rings. The molecule has 0 saturated carbocycles. The SMILES string of the molecule is CC(Cc1ccsc1)NCC1(C)COC1. The minimum Gasteiger partial charge on any atom is -0.380 e. The molecule has 3 heteroatoms. The van der Waals surface area contributed by atoms with Crippen molar-refractivity contribution in [1.29, 1.82) is 0 Å². The first-order chi connectivity index (χ1) is 7.18. The highest BCUT2D eigenvalue weighted by Gasteiger charge is 2.33. The van der Waals surface area contributed by atoms with Crippen LogP contribution in [0.3, 0.4) is 0 Å². The third kappa shape index (κ3) is 3.03. The van der Waals surface area contributed by atoms with Crippen LogP contribution in [-0.4, -0.2) is 25.8 Å².